The van der Waals surface area contributed by atoms with Gasteiger partial charge in [-0.15, -0.1) is 0 Å². The van der Waals surface area contributed by atoms with Gasteiger partial charge in [0.2, 0.25) is 0 Å². The number of nitrogens with zero attached hydrogens (tertiary/aromatic N) is 3. The Bertz CT molecular complexity index is 2750. The van der Waals surface area contributed by atoms with E-state index >= 15 is 0 Å². The Morgan fingerprint density at radius 2 is 0.709 bits per heavy atom. The van der Waals surface area contributed by atoms with Crippen molar-refractivity contribution in [1.29, 1.82) is 0 Å². The standard InChI is InChI=1S/C52H35N3/c1-4-16-36(17-5-1)48-35-49(37-18-6-2-7-19-37)54-52(53-48)42-23-15-22-40(33-42)38-20-14-21-39(32-38)41-30-31-47-45-27-11-10-26-44(45)46-28-12-13-29-50(46)55(51(47)34-41)43-24-8-3-9-25-43/h1-35H. The fourth-order valence-electron chi connectivity index (χ4n) is 7.76. The molecule has 0 N–H and O–H groups in total. The normalized spacial score (nSPS) is 11.6. The van der Waals surface area contributed by atoms with E-state index in [-0.39, 0.29) is 0 Å². The molecule has 0 radical (unpaired) electrons. The molecule has 2 heterocycles. The van der Waals surface area contributed by atoms with Crippen LogP contribution in [0.1, 0.15) is 0 Å². The predicted molar refractivity (Wildman–Crippen MR) is 228 cm³/mol. The summed E-state index contributed by atoms with van der Waals surface area (Å²) in [5.74, 6) is 0.700. The molecule has 3 nitrogen and oxygen atoms in total. The Morgan fingerprint density at radius 3 is 1.31 bits per heavy atom. The molecule has 3 heteroatoms. The summed E-state index contributed by atoms with van der Waals surface area (Å²) >= 11 is 0. The molecule has 9 aromatic rings. The van der Waals surface area contributed by atoms with E-state index in [0.717, 1.165) is 67.4 Å². The van der Waals surface area contributed by atoms with Crippen molar-refractivity contribution in [3.8, 4) is 78.4 Å². The molecule has 1 aliphatic heterocycles. The van der Waals surface area contributed by atoms with E-state index in [0.29, 0.717) is 5.82 Å². The predicted octanol–water partition coefficient (Wildman–Crippen LogP) is 13.9. The molecule has 0 unspecified atom stereocenters. The highest BCUT2D eigenvalue weighted by atomic mass is 15.1. The fraction of sp³-hybridized carbons (Fsp3) is 0. The molecule has 55 heavy (non-hydrogen) atoms. The summed E-state index contributed by atoms with van der Waals surface area (Å²) in [7, 11) is 0. The molecular formula is C52H35N3. The molecule has 0 amide bonds. The van der Waals surface area contributed by atoms with Crippen molar-refractivity contribution in [1.82, 2.24) is 9.97 Å². The maximum Gasteiger partial charge on any atom is 0.160 e. The third-order valence-corrected chi connectivity index (χ3v) is 10.4. The highest BCUT2D eigenvalue weighted by molar-refractivity contribution is 6.03. The summed E-state index contributed by atoms with van der Waals surface area (Å²) in [4.78, 5) is 12.6. The zero-order chi connectivity index (χ0) is 36.6. The average molecular weight is 702 g/mol. The van der Waals surface area contributed by atoms with E-state index in [4.69, 9.17) is 9.97 Å². The van der Waals surface area contributed by atoms with Crippen LogP contribution in [0, 0.1) is 0 Å². The topological polar surface area (TPSA) is 29.0 Å². The number of para-hydroxylation sites is 2. The Balaban J connectivity index is 1.07. The number of benzene rings is 8. The largest absolute Gasteiger partial charge is 0.309 e. The lowest BCUT2D eigenvalue weighted by Crippen LogP contribution is -2.10. The lowest BCUT2D eigenvalue weighted by atomic mass is 9.92. The van der Waals surface area contributed by atoms with Crippen molar-refractivity contribution in [2.24, 2.45) is 0 Å². The summed E-state index contributed by atoms with van der Waals surface area (Å²) in [6.45, 7) is 0. The van der Waals surface area contributed by atoms with Gasteiger partial charge in [0.15, 0.2) is 5.82 Å². The Hall–Kier alpha value is -7.36. The molecule has 0 bridgehead atoms. The number of rotatable bonds is 6. The Morgan fingerprint density at radius 1 is 0.273 bits per heavy atom. The number of anilines is 3. The van der Waals surface area contributed by atoms with Gasteiger partial charge in [-0.25, -0.2) is 9.97 Å². The van der Waals surface area contributed by atoms with Gasteiger partial charge >= 0.3 is 0 Å². The lowest BCUT2D eigenvalue weighted by Gasteiger charge is -2.27. The van der Waals surface area contributed by atoms with E-state index in [2.05, 4.69) is 181 Å². The van der Waals surface area contributed by atoms with Crippen LogP contribution in [0.3, 0.4) is 0 Å². The molecule has 0 atom stereocenters. The van der Waals surface area contributed by atoms with Gasteiger partial charge in [-0.1, -0.05) is 170 Å². The summed E-state index contributed by atoms with van der Waals surface area (Å²) in [6.07, 6.45) is 0. The quantitative estimate of drug-likeness (QED) is 0.173. The number of aromatic nitrogens is 2. The number of hydrogen-bond donors (Lipinski definition) is 0. The Kier molecular flexibility index (Phi) is 8.16. The van der Waals surface area contributed by atoms with Crippen LogP contribution in [0.2, 0.25) is 0 Å². The molecule has 0 fully saturated rings. The first-order chi connectivity index (χ1) is 27.3. The van der Waals surface area contributed by atoms with Crippen molar-refractivity contribution in [3.05, 3.63) is 212 Å². The second kappa shape index (κ2) is 13.9. The smallest absolute Gasteiger partial charge is 0.160 e. The second-order valence-electron chi connectivity index (χ2n) is 13.8. The fourth-order valence-corrected chi connectivity index (χ4v) is 7.76. The van der Waals surface area contributed by atoms with Gasteiger partial charge in [-0.3, -0.25) is 0 Å². The van der Waals surface area contributed by atoms with E-state index in [9.17, 15) is 0 Å². The zero-order valence-corrected chi connectivity index (χ0v) is 30.0. The molecule has 1 aliphatic rings. The monoisotopic (exact) mass is 701 g/mol. The molecule has 10 rings (SSSR count). The highest BCUT2D eigenvalue weighted by Gasteiger charge is 2.26. The van der Waals surface area contributed by atoms with Crippen molar-refractivity contribution in [3.63, 3.8) is 0 Å². The van der Waals surface area contributed by atoms with Crippen molar-refractivity contribution < 1.29 is 0 Å². The minimum absolute atomic E-state index is 0.700. The van der Waals surface area contributed by atoms with Crippen LogP contribution in [0.4, 0.5) is 17.1 Å². The van der Waals surface area contributed by atoms with Gasteiger partial charge in [0.1, 0.15) is 0 Å². The maximum absolute atomic E-state index is 5.10. The molecule has 0 spiro atoms. The molecule has 0 saturated heterocycles. The van der Waals surface area contributed by atoms with E-state index in [1.54, 1.807) is 0 Å². The maximum atomic E-state index is 5.10. The third-order valence-electron chi connectivity index (χ3n) is 10.4. The van der Waals surface area contributed by atoms with Gasteiger partial charge in [0, 0.05) is 33.5 Å². The van der Waals surface area contributed by atoms with Gasteiger partial charge in [0.25, 0.3) is 0 Å². The molecule has 8 aromatic carbocycles. The SMILES string of the molecule is c1ccc(-c2cc(-c3ccccc3)nc(-c3cccc(-c4cccc(-c5ccc6c(c5)N(c5ccccc5)c5ccccc5-c5ccccc5-6)c4)c3)n2)cc1. The number of fused-ring (bicyclic) bond motifs is 5. The average Bonchev–Trinajstić information content (AvgIpc) is 3.39. The molecule has 0 aliphatic carbocycles. The van der Waals surface area contributed by atoms with Gasteiger partial charge < -0.3 is 4.90 Å². The van der Waals surface area contributed by atoms with Crippen molar-refractivity contribution in [2.75, 3.05) is 4.90 Å². The highest BCUT2D eigenvalue weighted by Crippen LogP contribution is 2.51. The van der Waals surface area contributed by atoms with Crippen LogP contribution >= 0.6 is 0 Å². The minimum Gasteiger partial charge on any atom is -0.309 e. The summed E-state index contributed by atoms with van der Waals surface area (Å²) in [6, 6.07) is 75.3. The van der Waals surface area contributed by atoms with E-state index in [1.165, 1.54) is 22.3 Å². The van der Waals surface area contributed by atoms with Crippen LogP contribution < -0.4 is 4.90 Å². The lowest BCUT2D eigenvalue weighted by molar-refractivity contribution is 1.18. The van der Waals surface area contributed by atoms with Crippen LogP contribution in [-0.4, -0.2) is 9.97 Å². The van der Waals surface area contributed by atoms with E-state index in [1.807, 2.05) is 36.4 Å². The van der Waals surface area contributed by atoms with Crippen LogP contribution in [0.15, 0.2) is 212 Å². The zero-order valence-electron chi connectivity index (χ0n) is 30.0. The summed E-state index contributed by atoms with van der Waals surface area (Å²) in [5.41, 5.74) is 17.8. The first-order valence-corrected chi connectivity index (χ1v) is 18.7. The van der Waals surface area contributed by atoms with E-state index < -0.39 is 0 Å². The number of hydrogen-bond acceptors (Lipinski definition) is 3. The second-order valence-corrected chi connectivity index (χ2v) is 13.8. The molecular weight excluding hydrogens is 667 g/mol. The van der Waals surface area contributed by atoms with Crippen LogP contribution in [0.25, 0.3) is 78.4 Å². The van der Waals surface area contributed by atoms with Crippen molar-refractivity contribution >= 4 is 17.1 Å². The Labute approximate surface area is 321 Å². The first-order valence-electron chi connectivity index (χ1n) is 18.7. The molecule has 258 valence electrons. The molecule has 0 saturated carbocycles. The first kappa shape index (κ1) is 32.3. The van der Waals surface area contributed by atoms with Crippen LogP contribution in [-0.2, 0) is 0 Å². The summed E-state index contributed by atoms with van der Waals surface area (Å²) < 4.78 is 0. The van der Waals surface area contributed by atoms with Crippen molar-refractivity contribution in [2.45, 2.75) is 0 Å². The van der Waals surface area contributed by atoms with Gasteiger partial charge in [-0.05, 0) is 75.8 Å². The van der Waals surface area contributed by atoms with Gasteiger partial charge in [-0.2, -0.15) is 0 Å². The molecule has 1 aromatic heterocycles. The summed E-state index contributed by atoms with van der Waals surface area (Å²) in [5, 5.41) is 0. The third kappa shape index (κ3) is 6.08. The minimum atomic E-state index is 0.700. The van der Waals surface area contributed by atoms with Crippen LogP contribution in [0.5, 0.6) is 0 Å². The van der Waals surface area contributed by atoms with Gasteiger partial charge in [0.05, 0.1) is 22.8 Å².